The molecule has 2 rings (SSSR count). The Balaban J connectivity index is 0.00000312. The number of halogens is 1. The predicted molar refractivity (Wildman–Crippen MR) is 103 cm³/mol. The lowest BCUT2D eigenvalue weighted by Gasteiger charge is -2.37. The molecular formula is C18H35ClN4O2. The number of carbonyl (C=O) groups excluding carboxylic acids is 2. The first-order chi connectivity index (χ1) is 11.3. The van der Waals surface area contributed by atoms with E-state index in [1.165, 1.54) is 0 Å². The van der Waals surface area contributed by atoms with Crippen LogP contribution in [-0.4, -0.2) is 60.5 Å². The molecule has 0 aliphatic carbocycles. The molecule has 0 spiro atoms. The summed E-state index contributed by atoms with van der Waals surface area (Å²) in [5.41, 5.74) is -0.206. The fraction of sp³-hybridized carbons (Fsp3) is 0.889. The van der Waals surface area contributed by atoms with E-state index in [0.717, 1.165) is 45.3 Å². The van der Waals surface area contributed by atoms with Crippen LogP contribution in [0.15, 0.2) is 0 Å². The molecule has 0 bridgehead atoms. The minimum Gasteiger partial charge on any atom is -0.354 e. The van der Waals surface area contributed by atoms with Crippen LogP contribution < -0.4 is 16.0 Å². The molecule has 2 saturated heterocycles. The molecule has 0 saturated carbocycles. The van der Waals surface area contributed by atoms with Gasteiger partial charge in [0.05, 0.1) is 12.1 Å². The number of hydrogen-bond donors (Lipinski definition) is 3. The zero-order chi connectivity index (χ0) is 17.7. The van der Waals surface area contributed by atoms with Crippen molar-refractivity contribution in [2.45, 2.75) is 71.0 Å². The summed E-state index contributed by atoms with van der Waals surface area (Å²) >= 11 is 0. The summed E-state index contributed by atoms with van der Waals surface area (Å²) in [6, 6.07) is -0.139. The van der Waals surface area contributed by atoms with Crippen molar-refractivity contribution in [3.8, 4) is 0 Å². The van der Waals surface area contributed by atoms with E-state index >= 15 is 0 Å². The molecule has 3 atom stereocenters. The highest BCUT2D eigenvalue weighted by atomic mass is 35.5. The largest absolute Gasteiger partial charge is 0.354 e. The molecule has 3 N–H and O–H groups in total. The Morgan fingerprint density at radius 2 is 1.96 bits per heavy atom. The van der Waals surface area contributed by atoms with Crippen molar-refractivity contribution < 1.29 is 9.59 Å². The van der Waals surface area contributed by atoms with Gasteiger partial charge < -0.3 is 16.0 Å². The van der Waals surface area contributed by atoms with E-state index in [2.05, 4.69) is 20.9 Å². The van der Waals surface area contributed by atoms with Crippen LogP contribution in [0.5, 0.6) is 0 Å². The van der Waals surface area contributed by atoms with E-state index in [-0.39, 0.29) is 41.8 Å². The second-order valence-electron chi connectivity index (χ2n) is 8.31. The Labute approximate surface area is 158 Å². The van der Waals surface area contributed by atoms with Gasteiger partial charge >= 0.3 is 0 Å². The molecular weight excluding hydrogens is 340 g/mol. The maximum absolute atomic E-state index is 12.4. The monoisotopic (exact) mass is 374 g/mol. The molecule has 2 aliphatic rings. The van der Waals surface area contributed by atoms with Crippen LogP contribution in [0.1, 0.15) is 53.4 Å². The van der Waals surface area contributed by atoms with E-state index in [1.54, 1.807) is 0 Å². The Kier molecular flexibility index (Phi) is 8.64. The van der Waals surface area contributed by atoms with Gasteiger partial charge in [-0.2, -0.15) is 0 Å². The van der Waals surface area contributed by atoms with E-state index < -0.39 is 0 Å². The van der Waals surface area contributed by atoms with Crippen molar-refractivity contribution in [3.05, 3.63) is 0 Å². The third-order valence-electron chi connectivity index (χ3n) is 4.92. The smallest absolute Gasteiger partial charge is 0.237 e. The lowest BCUT2D eigenvalue weighted by atomic mass is 9.96. The maximum Gasteiger partial charge on any atom is 0.237 e. The summed E-state index contributed by atoms with van der Waals surface area (Å²) in [5, 5.41) is 9.38. The van der Waals surface area contributed by atoms with E-state index in [9.17, 15) is 9.59 Å². The molecule has 2 fully saturated rings. The van der Waals surface area contributed by atoms with E-state index in [4.69, 9.17) is 0 Å². The highest BCUT2D eigenvalue weighted by Gasteiger charge is 2.30. The molecule has 3 unspecified atom stereocenters. The van der Waals surface area contributed by atoms with E-state index in [0.29, 0.717) is 12.5 Å². The maximum atomic E-state index is 12.4. The number of rotatable bonds is 5. The zero-order valence-corrected chi connectivity index (χ0v) is 16.9. The summed E-state index contributed by atoms with van der Waals surface area (Å²) in [4.78, 5) is 26.7. The van der Waals surface area contributed by atoms with Gasteiger partial charge in [-0.15, -0.1) is 12.4 Å². The topological polar surface area (TPSA) is 73.5 Å². The number of hydrogen-bond acceptors (Lipinski definition) is 4. The van der Waals surface area contributed by atoms with Crippen LogP contribution in [-0.2, 0) is 9.59 Å². The fourth-order valence-electron chi connectivity index (χ4n) is 3.53. The van der Waals surface area contributed by atoms with Crippen LogP contribution in [0.3, 0.4) is 0 Å². The molecule has 0 aromatic heterocycles. The second kappa shape index (κ2) is 9.74. The first kappa shape index (κ1) is 22.2. The Morgan fingerprint density at radius 3 is 2.56 bits per heavy atom. The Bertz CT molecular complexity index is 447. The molecule has 2 aliphatic heterocycles. The molecule has 7 heteroatoms. The fourth-order valence-corrected chi connectivity index (χ4v) is 3.53. The van der Waals surface area contributed by atoms with Crippen molar-refractivity contribution in [1.82, 2.24) is 20.9 Å². The molecule has 25 heavy (non-hydrogen) atoms. The number of nitrogens with zero attached hydrogens (tertiary/aromatic N) is 1. The van der Waals surface area contributed by atoms with Crippen molar-refractivity contribution in [2.75, 3.05) is 26.2 Å². The molecule has 6 nitrogen and oxygen atoms in total. The van der Waals surface area contributed by atoms with Gasteiger partial charge in [0.2, 0.25) is 11.8 Å². The second-order valence-corrected chi connectivity index (χ2v) is 8.31. The van der Waals surface area contributed by atoms with Crippen molar-refractivity contribution in [3.63, 3.8) is 0 Å². The summed E-state index contributed by atoms with van der Waals surface area (Å²) < 4.78 is 0. The highest BCUT2D eigenvalue weighted by molar-refractivity contribution is 5.85. The average molecular weight is 375 g/mol. The number of nitrogens with one attached hydrogen (secondary N) is 3. The zero-order valence-electron chi connectivity index (χ0n) is 16.1. The lowest BCUT2D eigenvalue weighted by molar-refractivity contribution is -0.128. The number of piperidine rings is 1. The molecule has 2 amide bonds. The molecule has 146 valence electrons. The normalized spacial score (nSPS) is 25.8. The minimum atomic E-state index is -0.206. The van der Waals surface area contributed by atoms with Crippen LogP contribution >= 0.6 is 12.4 Å². The SMILES string of the molecule is CC(C(=O)NC(C)(C)C)N1CCCC(CNC(=O)C2CCCN2)C1.Cl. The quantitative estimate of drug-likeness (QED) is 0.678. The van der Waals surface area contributed by atoms with Crippen LogP contribution in [0.4, 0.5) is 0 Å². The van der Waals surface area contributed by atoms with Crippen molar-refractivity contribution in [2.24, 2.45) is 5.92 Å². The van der Waals surface area contributed by atoms with Crippen molar-refractivity contribution >= 4 is 24.2 Å². The highest BCUT2D eigenvalue weighted by Crippen LogP contribution is 2.18. The Hall–Kier alpha value is -0.850. The van der Waals surface area contributed by atoms with Gasteiger partial charge in [-0.3, -0.25) is 14.5 Å². The predicted octanol–water partition coefficient (Wildman–Crippen LogP) is 1.29. The summed E-state index contributed by atoms with van der Waals surface area (Å²) in [6.45, 7) is 11.5. The summed E-state index contributed by atoms with van der Waals surface area (Å²) in [7, 11) is 0. The third kappa shape index (κ3) is 7.12. The van der Waals surface area contributed by atoms with Gasteiger partial charge in [-0.25, -0.2) is 0 Å². The number of amides is 2. The van der Waals surface area contributed by atoms with Gasteiger partial charge in [-0.05, 0) is 72.4 Å². The summed E-state index contributed by atoms with van der Waals surface area (Å²) in [5.74, 6) is 0.638. The molecule has 0 aromatic carbocycles. The minimum absolute atomic E-state index is 0. The van der Waals surface area contributed by atoms with Gasteiger partial charge in [0.1, 0.15) is 0 Å². The van der Waals surface area contributed by atoms with Gasteiger partial charge in [0.25, 0.3) is 0 Å². The molecule has 2 heterocycles. The van der Waals surface area contributed by atoms with Gasteiger partial charge in [0.15, 0.2) is 0 Å². The number of likely N-dealkylation sites (tertiary alicyclic amines) is 1. The lowest BCUT2D eigenvalue weighted by Crippen LogP contribution is -2.54. The third-order valence-corrected chi connectivity index (χ3v) is 4.92. The number of carbonyl (C=O) groups is 2. The summed E-state index contributed by atoms with van der Waals surface area (Å²) in [6.07, 6.45) is 4.21. The first-order valence-electron chi connectivity index (χ1n) is 9.33. The van der Waals surface area contributed by atoms with Crippen LogP contribution in [0, 0.1) is 5.92 Å². The standard InChI is InChI=1S/C18H34N4O2.ClH/c1-13(16(23)21-18(2,3)4)22-10-6-7-14(12-22)11-20-17(24)15-8-5-9-19-15;/h13-15,19H,5-12H2,1-4H3,(H,20,24)(H,21,23);1H. The Morgan fingerprint density at radius 1 is 1.24 bits per heavy atom. The van der Waals surface area contributed by atoms with Gasteiger partial charge in [0, 0.05) is 18.6 Å². The van der Waals surface area contributed by atoms with Crippen LogP contribution in [0.2, 0.25) is 0 Å². The average Bonchev–Trinajstić information content (AvgIpc) is 3.05. The first-order valence-corrected chi connectivity index (χ1v) is 9.33. The van der Waals surface area contributed by atoms with Gasteiger partial charge in [-0.1, -0.05) is 0 Å². The van der Waals surface area contributed by atoms with Crippen LogP contribution in [0.25, 0.3) is 0 Å². The molecule has 0 aromatic rings. The van der Waals surface area contributed by atoms with Crippen molar-refractivity contribution in [1.29, 1.82) is 0 Å². The molecule has 0 radical (unpaired) electrons. The van der Waals surface area contributed by atoms with E-state index in [1.807, 2.05) is 27.7 Å².